The van der Waals surface area contributed by atoms with E-state index >= 15 is 0 Å². The van der Waals surface area contributed by atoms with Crippen LogP contribution in [0.3, 0.4) is 0 Å². The van der Waals surface area contributed by atoms with Crippen LogP contribution in [0.1, 0.15) is 67.2 Å². The van der Waals surface area contributed by atoms with Gasteiger partial charge >= 0.3 is 0 Å². The first-order valence-electron chi connectivity index (χ1n) is 11.0. The van der Waals surface area contributed by atoms with Crippen LogP contribution in [0.4, 0.5) is 0 Å². The summed E-state index contributed by atoms with van der Waals surface area (Å²) in [6.07, 6.45) is 8.86. The molecule has 0 aliphatic rings. The first-order valence-corrected chi connectivity index (χ1v) is 12.2. The third-order valence-corrected chi connectivity index (χ3v) is 6.67. The van der Waals surface area contributed by atoms with Gasteiger partial charge in [-0.15, -0.1) is 11.3 Å². The summed E-state index contributed by atoms with van der Waals surface area (Å²) in [4.78, 5) is 2.53. The van der Waals surface area contributed by atoms with Crippen LogP contribution in [0, 0.1) is 25.2 Å². The van der Waals surface area contributed by atoms with E-state index in [0.29, 0.717) is 10.6 Å². The van der Waals surface area contributed by atoms with Gasteiger partial charge in [0.2, 0.25) is 0 Å². The van der Waals surface area contributed by atoms with Crippen molar-refractivity contribution < 1.29 is 0 Å². The van der Waals surface area contributed by atoms with Crippen molar-refractivity contribution in [3.05, 3.63) is 80.3 Å². The summed E-state index contributed by atoms with van der Waals surface area (Å²) >= 11 is 8.02. The van der Waals surface area contributed by atoms with E-state index < -0.39 is 0 Å². The number of aromatic nitrogens is 2. The van der Waals surface area contributed by atoms with Crippen molar-refractivity contribution in [1.82, 2.24) is 9.78 Å². The Labute approximate surface area is 201 Å². The third-order valence-electron chi connectivity index (χ3n) is 5.15. The van der Waals surface area contributed by atoms with E-state index in [-0.39, 0.29) is 0 Å². The van der Waals surface area contributed by atoms with Crippen molar-refractivity contribution in [3.8, 4) is 17.2 Å². The zero-order chi connectivity index (χ0) is 23.7. The Morgan fingerprint density at radius 1 is 1.19 bits per heavy atom. The molecule has 32 heavy (non-hydrogen) atoms. The van der Waals surface area contributed by atoms with E-state index in [2.05, 4.69) is 58.0 Å². The first kappa shape index (κ1) is 25.6. The fraction of sp³-hybridized carbons (Fsp3) is 0.333. The van der Waals surface area contributed by atoms with E-state index in [4.69, 9.17) is 22.0 Å². The van der Waals surface area contributed by atoms with Crippen molar-refractivity contribution >= 4 is 28.5 Å². The van der Waals surface area contributed by atoms with Crippen molar-refractivity contribution in [3.63, 3.8) is 0 Å². The zero-order valence-electron chi connectivity index (χ0n) is 19.9. The predicted octanol–water partition coefficient (Wildman–Crippen LogP) is 8.59. The number of unbranched alkanes of at least 4 members (excludes halogenated alkanes) is 1. The average molecular weight is 466 g/mol. The molecular formula is C27H32ClN3S. The van der Waals surface area contributed by atoms with Gasteiger partial charge in [-0.05, 0) is 63.1 Å². The Kier molecular flexibility index (Phi) is 9.97. The average Bonchev–Trinajstić information content (AvgIpc) is 3.36. The van der Waals surface area contributed by atoms with Crippen molar-refractivity contribution in [1.29, 1.82) is 5.26 Å². The molecule has 0 spiro atoms. The molecule has 0 N–H and O–H groups in total. The minimum Gasteiger partial charge on any atom is -0.264 e. The van der Waals surface area contributed by atoms with E-state index in [0.717, 1.165) is 29.1 Å². The highest BCUT2D eigenvalue weighted by Crippen LogP contribution is 2.31. The summed E-state index contributed by atoms with van der Waals surface area (Å²) < 4.78 is 2.04. The Hall–Kier alpha value is -2.61. The monoisotopic (exact) mass is 465 g/mol. The van der Waals surface area contributed by atoms with Crippen LogP contribution >= 0.6 is 22.9 Å². The summed E-state index contributed by atoms with van der Waals surface area (Å²) in [5.74, 6) is 0. The van der Waals surface area contributed by atoms with Crippen LogP contribution in [0.2, 0.25) is 5.02 Å². The minimum absolute atomic E-state index is 0.470. The molecule has 0 saturated carbocycles. The molecule has 2 aromatic heterocycles. The highest BCUT2D eigenvalue weighted by Gasteiger charge is 2.15. The molecule has 0 aliphatic carbocycles. The smallest absolute Gasteiger partial charge is 0.101 e. The fourth-order valence-corrected chi connectivity index (χ4v) is 4.37. The Bertz CT molecular complexity index is 1140. The SMILES string of the molecule is C/C=C\C=C(/C)c1ccc(Cn2nc(C)c(-c3ccc(C#N)c(Cl)c3)c2C)s1.CCCC. The summed E-state index contributed by atoms with van der Waals surface area (Å²) in [6.45, 7) is 13.3. The molecule has 0 amide bonds. The lowest BCUT2D eigenvalue weighted by Gasteiger charge is -2.06. The Balaban J connectivity index is 0.000000837. The van der Waals surface area contributed by atoms with Gasteiger partial charge in [0.1, 0.15) is 6.07 Å². The van der Waals surface area contributed by atoms with Gasteiger partial charge in [-0.25, -0.2) is 0 Å². The maximum Gasteiger partial charge on any atom is 0.101 e. The number of hydrogen-bond donors (Lipinski definition) is 0. The van der Waals surface area contributed by atoms with Crippen LogP contribution in [-0.4, -0.2) is 9.78 Å². The molecule has 0 atom stereocenters. The number of benzene rings is 1. The second-order valence-electron chi connectivity index (χ2n) is 7.65. The highest BCUT2D eigenvalue weighted by molar-refractivity contribution is 7.13. The van der Waals surface area contributed by atoms with E-state index in [1.807, 2.05) is 36.7 Å². The molecule has 0 saturated heterocycles. The fourth-order valence-electron chi connectivity index (χ4n) is 3.18. The molecular weight excluding hydrogens is 434 g/mol. The summed E-state index contributed by atoms with van der Waals surface area (Å²) in [5.41, 5.74) is 5.86. The number of hydrogen-bond acceptors (Lipinski definition) is 3. The van der Waals surface area contributed by atoms with Gasteiger partial charge in [-0.2, -0.15) is 10.4 Å². The van der Waals surface area contributed by atoms with E-state index in [1.54, 1.807) is 17.4 Å². The summed E-state index contributed by atoms with van der Waals surface area (Å²) in [7, 11) is 0. The van der Waals surface area contributed by atoms with Gasteiger partial charge in [0, 0.05) is 21.0 Å². The Morgan fingerprint density at radius 2 is 1.91 bits per heavy atom. The van der Waals surface area contributed by atoms with Gasteiger partial charge in [0.25, 0.3) is 0 Å². The molecule has 2 heterocycles. The molecule has 0 fully saturated rings. The van der Waals surface area contributed by atoms with E-state index in [1.165, 1.54) is 28.2 Å². The molecule has 5 heteroatoms. The van der Waals surface area contributed by atoms with Crippen LogP contribution < -0.4 is 0 Å². The standard InChI is InChI=1S/C23H22ClN3S.C4H10/c1-5-6-7-15(2)22-11-10-20(28-22)14-27-17(4)23(16(3)26-27)18-8-9-19(13-25)21(24)12-18;1-3-4-2/h5-12H,14H2,1-4H3;3-4H2,1-2H3/b6-5-,15-7+;. The quantitative estimate of drug-likeness (QED) is 0.342. The van der Waals surface area contributed by atoms with Gasteiger partial charge in [0.15, 0.2) is 0 Å². The number of nitriles is 1. The van der Waals surface area contributed by atoms with Gasteiger partial charge < -0.3 is 0 Å². The third kappa shape index (κ3) is 6.45. The predicted molar refractivity (Wildman–Crippen MR) is 139 cm³/mol. The van der Waals surface area contributed by atoms with Crippen LogP contribution in [0.25, 0.3) is 16.7 Å². The van der Waals surface area contributed by atoms with Crippen molar-refractivity contribution in [2.45, 2.75) is 60.9 Å². The van der Waals surface area contributed by atoms with Crippen LogP contribution in [0.5, 0.6) is 0 Å². The lowest BCUT2D eigenvalue weighted by molar-refractivity contribution is 0.666. The zero-order valence-corrected chi connectivity index (χ0v) is 21.4. The molecule has 0 radical (unpaired) electrons. The summed E-state index contributed by atoms with van der Waals surface area (Å²) in [6, 6.07) is 12.0. The molecule has 168 valence electrons. The minimum atomic E-state index is 0.470. The molecule has 0 aliphatic heterocycles. The lowest BCUT2D eigenvalue weighted by Crippen LogP contribution is -2.02. The van der Waals surface area contributed by atoms with Gasteiger partial charge in [-0.1, -0.05) is 62.6 Å². The second-order valence-corrected chi connectivity index (χ2v) is 9.23. The Morgan fingerprint density at radius 3 is 2.50 bits per heavy atom. The maximum absolute atomic E-state index is 9.09. The molecule has 0 bridgehead atoms. The second kappa shape index (κ2) is 12.4. The summed E-state index contributed by atoms with van der Waals surface area (Å²) in [5, 5.41) is 14.3. The van der Waals surface area contributed by atoms with E-state index in [9.17, 15) is 0 Å². The van der Waals surface area contributed by atoms with Crippen molar-refractivity contribution in [2.75, 3.05) is 0 Å². The largest absolute Gasteiger partial charge is 0.264 e. The molecule has 3 aromatic rings. The molecule has 3 rings (SSSR count). The molecule has 0 unspecified atom stereocenters. The normalized spacial score (nSPS) is 11.4. The van der Waals surface area contributed by atoms with Crippen molar-refractivity contribution in [2.24, 2.45) is 0 Å². The molecule has 3 nitrogen and oxygen atoms in total. The number of rotatable bonds is 6. The van der Waals surface area contributed by atoms with Gasteiger partial charge in [-0.3, -0.25) is 4.68 Å². The number of allylic oxidation sites excluding steroid dienone is 4. The lowest BCUT2D eigenvalue weighted by atomic mass is 10.0. The first-order chi connectivity index (χ1) is 15.4. The van der Waals surface area contributed by atoms with Gasteiger partial charge in [0.05, 0.1) is 22.8 Å². The number of aryl methyl sites for hydroxylation is 1. The molecule has 1 aromatic carbocycles. The topological polar surface area (TPSA) is 41.6 Å². The maximum atomic E-state index is 9.09. The number of nitrogens with zero attached hydrogens (tertiary/aromatic N) is 3. The highest BCUT2D eigenvalue weighted by atomic mass is 35.5. The number of halogens is 1. The van der Waals surface area contributed by atoms with Crippen LogP contribution in [0.15, 0.2) is 48.6 Å². The van der Waals surface area contributed by atoms with Crippen LogP contribution in [-0.2, 0) is 6.54 Å². The number of thiophene rings is 1.